The summed E-state index contributed by atoms with van der Waals surface area (Å²) in [6.45, 7) is 4.78. The first-order valence-electron chi connectivity index (χ1n) is 12.4. The number of benzene rings is 1. The van der Waals surface area contributed by atoms with Crippen LogP contribution < -0.4 is 5.73 Å². The summed E-state index contributed by atoms with van der Waals surface area (Å²) in [6, 6.07) is 6.84. The number of pyridine rings is 1. The fraction of sp³-hybridized carbons (Fsp3) is 0.333. The molecule has 37 heavy (non-hydrogen) atoms. The molecule has 190 valence electrons. The van der Waals surface area contributed by atoms with Gasteiger partial charge in [0.25, 0.3) is 5.91 Å². The van der Waals surface area contributed by atoms with Crippen LogP contribution in [0.4, 0.5) is 5.69 Å². The second-order valence-electron chi connectivity index (χ2n) is 9.84. The van der Waals surface area contributed by atoms with Crippen molar-refractivity contribution in [2.75, 3.05) is 25.4 Å². The summed E-state index contributed by atoms with van der Waals surface area (Å²) in [6.07, 6.45) is 6.05. The number of amides is 2. The number of aromatic hydroxyl groups is 1. The molecule has 2 aromatic heterocycles. The molecule has 0 unspecified atom stereocenters. The molecule has 3 N–H and O–H groups in total. The van der Waals surface area contributed by atoms with Crippen LogP contribution in [-0.2, 0) is 17.6 Å². The Labute approximate surface area is 219 Å². The van der Waals surface area contributed by atoms with Crippen molar-refractivity contribution >= 4 is 29.1 Å². The van der Waals surface area contributed by atoms with Crippen molar-refractivity contribution in [3.63, 3.8) is 0 Å². The first-order chi connectivity index (χ1) is 17.9. The van der Waals surface area contributed by atoms with Crippen LogP contribution in [-0.4, -0.2) is 61.1 Å². The zero-order valence-electron chi connectivity index (χ0n) is 20.2. The highest BCUT2D eigenvalue weighted by molar-refractivity contribution is 6.29. The monoisotopic (exact) mass is 518 g/mol. The van der Waals surface area contributed by atoms with Gasteiger partial charge >= 0.3 is 0 Å². The standard InChI is InChI=1S/C27H27ClN6O3/c1-2-25(36)32-9-7-19-26-21(34(31-19)20-6-5-16(11-23(20)35)15-3-4-15)8-10-33(22(26)14-32)27(37)17-13-30-24(28)12-18(17)29/h2,5-6,11-13,15,22,35H,1,3-4,7-10,14H2,(H2,29,30)/t22-/m0/s1. The SMILES string of the molecule is C=CC(=O)N1CCc2nn(-c3ccc(C4CC4)cc3O)c3c2[C@H](C1)N(C(=O)c1cnc(Cl)cc1N)CC3. The van der Waals surface area contributed by atoms with E-state index in [0.29, 0.717) is 44.1 Å². The summed E-state index contributed by atoms with van der Waals surface area (Å²) < 4.78 is 1.81. The number of phenols is 1. The number of hydrogen-bond donors (Lipinski definition) is 2. The average molecular weight is 519 g/mol. The largest absolute Gasteiger partial charge is 0.506 e. The van der Waals surface area contributed by atoms with Gasteiger partial charge in [0.1, 0.15) is 16.6 Å². The average Bonchev–Trinajstić information content (AvgIpc) is 3.69. The molecule has 1 atom stereocenters. The minimum absolute atomic E-state index is 0.192. The lowest BCUT2D eigenvalue weighted by molar-refractivity contribution is -0.126. The minimum Gasteiger partial charge on any atom is -0.506 e. The summed E-state index contributed by atoms with van der Waals surface area (Å²) >= 11 is 5.95. The van der Waals surface area contributed by atoms with Gasteiger partial charge in [-0.25, -0.2) is 9.67 Å². The Morgan fingerprint density at radius 2 is 2.00 bits per heavy atom. The molecule has 1 aliphatic carbocycles. The Bertz CT molecular complexity index is 1450. The smallest absolute Gasteiger partial charge is 0.258 e. The van der Waals surface area contributed by atoms with E-state index in [1.54, 1.807) is 9.80 Å². The van der Waals surface area contributed by atoms with Gasteiger partial charge in [0.15, 0.2) is 0 Å². The Kier molecular flexibility index (Phi) is 5.67. The molecule has 2 aliphatic heterocycles. The molecule has 4 heterocycles. The normalized spacial score (nSPS) is 18.8. The molecule has 1 aromatic carbocycles. The maximum atomic E-state index is 13.7. The summed E-state index contributed by atoms with van der Waals surface area (Å²) in [5.74, 6) is 0.246. The van der Waals surface area contributed by atoms with E-state index in [9.17, 15) is 14.7 Å². The van der Waals surface area contributed by atoms with E-state index in [2.05, 4.69) is 17.6 Å². The molecule has 0 bridgehead atoms. The van der Waals surface area contributed by atoms with Crippen LogP contribution in [0.25, 0.3) is 5.69 Å². The number of anilines is 1. The third kappa shape index (κ3) is 4.03. The Balaban J connectivity index is 1.43. The molecule has 6 rings (SSSR count). The number of rotatable bonds is 4. The van der Waals surface area contributed by atoms with Crippen LogP contribution in [0.3, 0.4) is 0 Å². The molecule has 10 heteroatoms. The molecule has 0 saturated heterocycles. The third-order valence-electron chi connectivity index (χ3n) is 7.57. The van der Waals surface area contributed by atoms with E-state index >= 15 is 0 Å². The third-order valence-corrected chi connectivity index (χ3v) is 7.77. The number of hydrogen-bond acceptors (Lipinski definition) is 6. The fourth-order valence-electron chi connectivity index (χ4n) is 5.53. The van der Waals surface area contributed by atoms with Gasteiger partial charge in [-0.05, 0) is 48.6 Å². The predicted octanol–water partition coefficient (Wildman–Crippen LogP) is 3.40. The number of nitrogens with zero attached hydrogens (tertiary/aromatic N) is 5. The first-order valence-corrected chi connectivity index (χ1v) is 12.8. The van der Waals surface area contributed by atoms with E-state index in [0.717, 1.165) is 35.4 Å². The lowest BCUT2D eigenvalue weighted by Gasteiger charge is -2.38. The number of aromatic nitrogens is 3. The van der Waals surface area contributed by atoms with Gasteiger partial charge in [-0.3, -0.25) is 9.59 Å². The topological polar surface area (TPSA) is 118 Å². The van der Waals surface area contributed by atoms with Crippen LogP contribution in [0.2, 0.25) is 5.15 Å². The van der Waals surface area contributed by atoms with E-state index in [-0.39, 0.29) is 34.0 Å². The summed E-state index contributed by atoms with van der Waals surface area (Å²) in [4.78, 5) is 33.8. The molecule has 1 fully saturated rings. The maximum absolute atomic E-state index is 13.7. The molecule has 0 radical (unpaired) electrons. The van der Waals surface area contributed by atoms with Gasteiger partial charge in [-0.2, -0.15) is 5.10 Å². The molecule has 3 aromatic rings. The molecular weight excluding hydrogens is 492 g/mol. The van der Waals surface area contributed by atoms with Gasteiger partial charge in [0, 0.05) is 49.9 Å². The van der Waals surface area contributed by atoms with Crippen molar-refractivity contribution in [1.82, 2.24) is 24.6 Å². The summed E-state index contributed by atoms with van der Waals surface area (Å²) in [7, 11) is 0. The van der Waals surface area contributed by atoms with Gasteiger partial charge < -0.3 is 20.6 Å². The summed E-state index contributed by atoms with van der Waals surface area (Å²) in [5.41, 5.74) is 11.1. The van der Waals surface area contributed by atoms with E-state index < -0.39 is 6.04 Å². The van der Waals surface area contributed by atoms with E-state index in [1.165, 1.54) is 18.3 Å². The highest BCUT2D eigenvalue weighted by atomic mass is 35.5. The Morgan fingerprint density at radius 3 is 2.70 bits per heavy atom. The number of nitrogen functional groups attached to an aromatic ring is 1. The molecule has 1 saturated carbocycles. The van der Waals surface area contributed by atoms with Crippen molar-refractivity contribution in [1.29, 1.82) is 0 Å². The maximum Gasteiger partial charge on any atom is 0.258 e. The number of carbonyl (C=O) groups is 2. The minimum atomic E-state index is -0.436. The summed E-state index contributed by atoms with van der Waals surface area (Å²) in [5, 5.41) is 16.0. The highest BCUT2D eigenvalue weighted by Gasteiger charge is 2.40. The number of nitrogens with two attached hydrogens (primary N) is 1. The zero-order chi connectivity index (χ0) is 25.8. The first kappa shape index (κ1) is 23.5. The van der Waals surface area contributed by atoms with E-state index in [1.807, 2.05) is 16.8 Å². The second-order valence-corrected chi connectivity index (χ2v) is 10.2. The van der Waals surface area contributed by atoms with Crippen molar-refractivity contribution in [2.45, 2.75) is 37.6 Å². The van der Waals surface area contributed by atoms with Gasteiger partial charge in [0.05, 0.1) is 23.0 Å². The quantitative estimate of drug-likeness (QED) is 0.404. The van der Waals surface area contributed by atoms with Crippen molar-refractivity contribution < 1.29 is 14.7 Å². The molecule has 2 amide bonds. The van der Waals surface area contributed by atoms with Crippen LogP contribution in [0.5, 0.6) is 5.75 Å². The van der Waals surface area contributed by atoms with Crippen LogP contribution in [0, 0.1) is 0 Å². The van der Waals surface area contributed by atoms with Gasteiger partial charge in [-0.1, -0.05) is 24.2 Å². The number of carbonyl (C=O) groups excluding carboxylic acids is 2. The fourth-order valence-corrected chi connectivity index (χ4v) is 5.70. The number of halogens is 1. The van der Waals surface area contributed by atoms with Crippen LogP contribution >= 0.6 is 11.6 Å². The second kappa shape index (κ2) is 8.92. The van der Waals surface area contributed by atoms with Gasteiger partial charge in [-0.15, -0.1) is 0 Å². The molecule has 0 spiro atoms. The van der Waals surface area contributed by atoms with Crippen molar-refractivity contribution in [3.05, 3.63) is 76.3 Å². The van der Waals surface area contributed by atoms with Crippen LogP contribution in [0.1, 0.15) is 57.7 Å². The van der Waals surface area contributed by atoms with Crippen LogP contribution in [0.15, 0.2) is 43.1 Å². The Hall–Kier alpha value is -3.85. The lowest BCUT2D eigenvalue weighted by atomic mass is 9.94. The molecular formula is C27H27ClN6O3. The highest BCUT2D eigenvalue weighted by Crippen LogP contribution is 2.43. The Morgan fingerprint density at radius 1 is 1.19 bits per heavy atom. The predicted molar refractivity (Wildman–Crippen MR) is 139 cm³/mol. The van der Waals surface area contributed by atoms with E-state index in [4.69, 9.17) is 22.4 Å². The molecule has 9 nitrogen and oxygen atoms in total. The number of phenolic OH excluding ortho intramolecular Hbond substituents is 1. The lowest BCUT2D eigenvalue weighted by Crippen LogP contribution is -2.46. The van der Waals surface area contributed by atoms with Gasteiger partial charge in [0.2, 0.25) is 5.91 Å². The van der Waals surface area contributed by atoms with Crippen molar-refractivity contribution in [2.24, 2.45) is 0 Å². The van der Waals surface area contributed by atoms with Crippen molar-refractivity contribution in [3.8, 4) is 11.4 Å². The molecule has 3 aliphatic rings. The zero-order valence-corrected chi connectivity index (χ0v) is 21.0.